The van der Waals surface area contributed by atoms with E-state index in [0.717, 1.165) is 11.1 Å². The van der Waals surface area contributed by atoms with E-state index in [1.807, 2.05) is 13.2 Å². The Morgan fingerprint density at radius 1 is 1.31 bits per heavy atom. The Bertz CT molecular complexity index is 517. The molecule has 0 saturated carbocycles. The van der Waals surface area contributed by atoms with E-state index >= 15 is 0 Å². The zero-order chi connectivity index (χ0) is 11.7. The van der Waals surface area contributed by atoms with Crippen molar-refractivity contribution in [1.82, 2.24) is 9.78 Å². The third-order valence-corrected chi connectivity index (χ3v) is 3.44. The Balaban J connectivity index is 2.59. The molecule has 0 aliphatic carbocycles. The normalized spacial score (nSPS) is 10.7. The monoisotopic (exact) mass is 233 g/mol. The number of hydrogen-bond donors (Lipinski definition) is 1. The fourth-order valence-electron chi connectivity index (χ4n) is 1.67. The van der Waals surface area contributed by atoms with Crippen LogP contribution in [-0.2, 0) is 7.05 Å². The summed E-state index contributed by atoms with van der Waals surface area (Å²) in [4.78, 5) is 1.24. The number of nitrogen functional groups attached to an aromatic ring is 1. The second-order valence-corrected chi connectivity index (χ2v) is 4.63. The van der Waals surface area contributed by atoms with E-state index in [4.69, 9.17) is 5.73 Å². The van der Waals surface area contributed by atoms with Crippen LogP contribution < -0.4 is 5.73 Å². The van der Waals surface area contributed by atoms with Crippen LogP contribution in [0.4, 0.5) is 5.82 Å². The van der Waals surface area contributed by atoms with Crippen LogP contribution in [0.15, 0.2) is 29.3 Å². The minimum atomic E-state index is 0.710. The van der Waals surface area contributed by atoms with Gasteiger partial charge in [-0.05, 0) is 36.4 Å². The molecular weight excluding hydrogens is 218 g/mol. The number of aryl methyl sites for hydroxylation is 2. The Morgan fingerprint density at radius 3 is 2.62 bits per heavy atom. The van der Waals surface area contributed by atoms with Gasteiger partial charge in [0.25, 0.3) is 0 Å². The third-order valence-electron chi connectivity index (χ3n) is 2.72. The van der Waals surface area contributed by atoms with Crippen LogP contribution in [0.1, 0.15) is 5.56 Å². The van der Waals surface area contributed by atoms with Gasteiger partial charge in [-0.2, -0.15) is 5.10 Å². The fourth-order valence-corrected chi connectivity index (χ4v) is 2.11. The zero-order valence-electron chi connectivity index (χ0n) is 9.69. The minimum absolute atomic E-state index is 0.710. The molecule has 0 amide bonds. The lowest BCUT2D eigenvalue weighted by Crippen LogP contribution is -1.98. The van der Waals surface area contributed by atoms with Crippen LogP contribution in [0.3, 0.4) is 0 Å². The maximum Gasteiger partial charge on any atom is 0.129 e. The summed E-state index contributed by atoms with van der Waals surface area (Å²) < 4.78 is 1.69. The summed E-state index contributed by atoms with van der Waals surface area (Å²) in [5.41, 5.74) is 9.38. The lowest BCUT2D eigenvalue weighted by Gasteiger charge is -2.07. The number of nitrogens with two attached hydrogens (primary N) is 1. The van der Waals surface area contributed by atoms with Gasteiger partial charge in [-0.25, -0.2) is 0 Å². The van der Waals surface area contributed by atoms with Crippen molar-refractivity contribution < 1.29 is 0 Å². The van der Waals surface area contributed by atoms with Gasteiger partial charge in [-0.1, -0.05) is 6.07 Å². The molecule has 0 aliphatic heterocycles. The van der Waals surface area contributed by atoms with Crippen molar-refractivity contribution in [2.75, 3.05) is 12.0 Å². The van der Waals surface area contributed by atoms with E-state index in [0.29, 0.717) is 5.82 Å². The Morgan fingerprint density at radius 2 is 2.06 bits per heavy atom. The van der Waals surface area contributed by atoms with Crippen LogP contribution in [0, 0.1) is 6.92 Å². The van der Waals surface area contributed by atoms with Gasteiger partial charge in [0.05, 0.1) is 6.20 Å². The fraction of sp³-hybridized carbons (Fsp3) is 0.250. The zero-order valence-corrected chi connectivity index (χ0v) is 10.5. The van der Waals surface area contributed by atoms with Gasteiger partial charge in [0, 0.05) is 17.5 Å². The van der Waals surface area contributed by atoms with Crippen molar-refractivity contribution in [1.29, 1.82) is 0 Å². The van der Waals surface area contributed by atoms with Gasteiger partial charge in [0.1, 0.15) is 5.82 Å². The molecule has 0 spiro atoms. The SMILES string of the molecule is CSc1ccc(C)c(-c2cnn(C)c2N)c1. The smallest absolute Gasteiger partial charge is 0.129 e. The van der Waals surface area contributed by atoms with Crippen molar-refractivity contribution in [2.24, 2.45) is 7.05 Å². The molecule has 0 bridgehead atoms. The number of aromatic nitrogens is 2. The molecule has 2 N–H and O–H groups in total. The van der Waals surface area contributed by atoms with Crippen LogP contribution in [0.25, 0.3) is 11.1 Å². The first-order valence-corrected chi connectivity index (χ1v) is 6.28. The highest BCUT2D eigenvalue weighted by Crippen LogP contribution is 2.31. The molecule has 0 saturated heterocycles. The first-order chi connectivity index (χ1) is 7.63. The lowest BCUT2D eigenvalue weighted by atomic mass is 10.0. The van der Waals surface area contributed by atoms with E-state index < -0.39 is 0 Å². The van der Waals surface area contributed by atoms with Crippen LogP contribution in [0.2, 0.25) is 0 Å². The highest BCUT2D eigenvalue weighted by atomic mass is 32.2. The molecule has 3 nitrogen and oxygen atoms in total. The van der Waals surface area contributed by atoms with Crippen LogP contribution in [0.5, 0.6) is 0 Å². The van der Waals surface area contributed by atoms with E-state index in [9.17, 15) is 0 Å². The molecule has 0 fully saturated rings. The van der Waals surface area contributed by atoms with Gasteiger partial charge >= 0.3 is 0 Å². The maximum absolute atomic E-state index is 5.99. The molecule has 16 heavy (non-hydrogen) atoms. The van der Waals surface area contributed by atoms with Gasteiger partial charge < -0.3 is 5.73 Å². The highest BCUT2D eigenvalue weighted by molar-refractivity contribution is 7.98. The third kappa shape index (κ3) is 1.80. The van der Waals surface area contributed by atoms with Gasteiger partial charge in [-0.15, -0.1) is 11.8 Å². The molecule has 1 heterocycles. The Kier molecular flexibility index (Phi) is 2.92. The minimum Gasteiger partial charge on any atom is -0.383 e. The van der Waals surface area contributed by atoms with Crippen LogP contribution >= 0.6 is 11.8 Å². The summed E-state index contributed by atoms with van der Waals surface area (Å²) >= 11 is 1.73. The van der Waals surface area contributed by atoms with E-state index in [2.05, 4.69) is 36.5 Å². The number of hydrogen-bond acceptors (Lipinski definition) is 3. The maximum atomic E-state index is 5.99. The average Bonchev–Trinajstić information content (AvgIpc) is 2.61. The summed E-state index contributed by atoms with van der Waals surface area (Å²) in [6.07, 6.45) is 3.89. The van der Waals surface area contributed by atoms with Gasteiger partial charge in [0.2, 0.25) is 0 Å². The number of nitrogens with zero attached hydrogens (tertiary/aromatic N) is 2. The molecule has 1 aromatic carbocycles. The standard InChI is InChI=1S/C12H15N3S/c1-8-4-5-9(16-3)6-10(8)11-7-14-15(2)12(11)13/h4-7H,13H2,1-3H3. The first kappa shape index (κ1) is 11.1. The molecule has 4 heteroatoms. The molecule has 0 unspecified atom stereocenters. The Hall–Kier alpha value is -1.42. The van der Waals surface area contributed by atoms with E-state index in [-0.39, 0.29) is 0 Å². The number of anilines is 1. The second kappa shape index (κ2) is 4.22. The molecule has 2 rings (SSSR count). The highest BCUT2D eigenvalue weighted by Gasteiger charge is 2.10. The predicted molar refractivity (Wildman–Crippen MR) is 69.6 cm³/mol. The molecular formula is C12H15N3S. The quantitative estimate of drug-likeness (QED) is 0.811. The number of thioether (sulfide) groups is 1. The first-order valence-electron chi connectivity index (χ1n) is 5.06. The largest absolute Gasteiger partial charge is 0.383 e. The molecule has 1 aromatic heterocycles. The predicted octanol–water partition coefficient (Wildman–Crippen LogP) is 2.70. The molecule has 0 radical (unpaired) electrons. The summed E-state index contributed by atoms with van der Waals surface area (Å²) in [6, 6.07) is 6.40. The average molecular weight is 233 g/mol. The Labute approximate surface area is 99.7 Å². The lowest BCUT2D eigenvalue weighted by molar-refractivity contribution is 0.779. The topological polar surface area (TPSA) is 43.8 Å². The molecule has 0 atom stereocenters. The van der Waals surface area contributed by atoms with Gasteiger partial charge in [0.15, 0.2) is 0 Å². The summed E-state index contributed by atoms with van der Waals surface area (Å²) in [5, 5.41) is 4.17. The van der Waals surface area contributed by atoms with Crippen molar-refractivity contribution in [3.63, 3.8) is 0 Å². The van der Waals surface area contributed by atoms with Crippen molar-refractivity contribution in [3.8, 4) is 11.1 Å². The molecule has 0 aliphatic rings. The van der Waals surface area contributed by atoms with Crippen molar-refractivity contribution in [2.45, 2.75) is 11.8 Å². The van der Waals surface area contributed by atoms with Crippen molar-refractivity contribution >= 4 is 17.6 Å². The molecule has 84 valence electrons. The summed E-state index contributed by atoms with van der Waals surface area (Å²) in [6.45, 7) is 2.09. The van der Waals surface area contributed by atoms with Crippen LogP contribution in [-0.4, -0.2) is 16.0 Å². The van der Waals surface area contributed by atoms with Gasteiger partial charge in [-0.3, -0.25) is 4.68 Å². The summed E-state index contributed by atoms with van der Waals surface area (Å²) in [5.74, 6) is 0.710. The van der Waals surface area contributed by atoms with Crippen molar-refractivity contribution in [3.05, 3.63) is 30.0 Å². The number of rotatable bonds is 2. The molecule has 2 aromatic rings. The summed E-state index contributed by atoms with van der Waals surface area (Å²) in [7, 11) is 1.85. The number of benzene rings is 1. The second-order valence-electron chi connectivity index (χ2n) is 3.75. The van der Waals surface area contributed by atoms with E-state index in [1.165, 1.54) is 10.5 Å². The van der Waals surface area contributed by atoms with E-state index in [1.54, 1.807) is 16.4 Å².